The minimum absolute atomic E-state index is 0.820. The molecule has 50 valence electrons. The fourth-order valence-corrected chi connectivity index (χ4v) is 5.14. The molecule has 0 aromatic carbocycles. The molecule has 0 N–H and O–H groups in total. The lowest BCUT2D eigenvalue weighted by molar-refractivity contribution is -0.0828. The van der Waals surface area contributed by atoms with Crippen LogP contribution >= 0.6 is 22.6 Å². The van der Waals surface area contributed by atoms with Gasteiger partial charge < -0.3 is 0 Å². The van der Waals surface area contributed by atoms with E-state index in [1.807, 2.05) is 0 Å². The molecule has 0 saturated heterocycles. The van der Waals surface area contributed by atoms with E-state index in [9.17, 15) is 0 Å². The Labute approximate surface area is 69.5 Å². The van der Waals surface area contributed by atoms with Crippen LogP contribution in [0.25, 0.3) is 0 Å². The largest absolute Gasteiger partial charge is 0.0788 e. The van der Waals surface area contributed by atoms with E-state index in [1.54, 1.807) is 32.1 Å². The molecule has 0 unspecified atom stereocenters. The number of halogens is 1. The summed E-state index contributed by atoms with van der Waals surface area (Å²) in [4.78, 5) is 0. The van der Waals surface area contributed by atoms with Crippen molar-refractivity contribution in [3.05, 3.63) is 0 Å². The summed E-state index contributed by atoms with van der Waals surface area (Å²) in [5.74, 6) is 1.19. The highest BCUT2D eigenvalue weighted by Gasteiger charge is 2.70. The number of hydrogen-bond acceptors (Lipinski definition) is 0. The molecular formula is C8H11I. The van der Waals surface area contributed by atoms with Crippen LogP contribution in [0.2, 0.25) is 0 Å². The summed E-state index contributed by atoms with van der Waals surface area (Å²) < 4.78 is 0.820. The van der Waals surface area contributed by atoms with Crippen molar-refractivity contribution in [2.75, 3.05) is 0 Å². The molecule has 0 heterocycles. The van der Waals surface area contributed by atoms with Crippen LogP contribution in [0.3, 0.4) is 0 Å². The molecule has 0 nitrogen and oxygen atoms in total. The average Bonchev–Trinajstić information content (AvgIpc) is 2.33. The standard InChI is InChI=1S/C8H11I/c9-8-3-7(4-8,5-8)6-1-2-6/h6H,1-5H2. The lowest BCUT2D eigenvalue weighted by Gasteiger charge is -2.69. The van der Waals surface area contributed by atoms with Gasteiger partial charge in [-0.15, -0.1) is 0 Å². The molecule has 4 saturated carbocycles. The summed E-state index contributed by atoms with van der Waals surface area (Å²) in [6, 6.07) is 0. The smallest absolute Gasteiger partial charge is 0.0238 e. The van der Waals surface area contributed by atoms with Crippen LogP contribution in [-0.4, -0.2) is 3.42 Å². The summed E-state index contributed by atoms with van der Waals surface area (Å²) in [5.41, 5.74) is 0.932. The van der Waals surface area contributed by atoms with Crippen LogP contribution in [0.15, 0.2) is 0 Å². The molecule has 2 bridgehead atoms. The first kappa shape index (κ1) is 5.39. The van der Waals surface area contributed by atoms with E-state index in [0.717, 1.165) is 8.84 Å². The SMILES string of the molecule is IC12CC(C3CC3)(C1)C2. The minimum atomic E-state index is 0.820. The molecule has 0 atom stereocenters. The predicted molar refractivity (Wildman–Crippen MR) is 45.8 cm³/mol. The first-order valence-electron chi connectivity index (χ1n) is 3.92. The van der Waals surface area contributed by atoms with Crippen molar-refractivity contribution >= 4 is 22.6 Å². The zero-order chi connectivity index (χ0) is 6.11. The van der Waals surface area contributed by atoms with E-state index in [4.69, 9.17) is 0 Å². The van der Waals surface area contributed by atoms with Crippen LogP contribution < -0.4 is 0 Å². The summed E-state index contributed by atoms with van der Waals surface area (Å²) in [6.45, 7) is 0. The highest BCUT2D eigenvalue weighted by Crippen LogP contribution is 2.78. The third kappa shape index (κ3) is 0.514. The van der Waals surface area contributed by atoms with Gasteiger partial charge in [0.25, 0.3) is 0 Å². The van der Waals surface area contributed by atoms with Crippen LogP contribution in [0, 0.1) is 11.3 Å². The van der Waals surface area contributed by atoms with Crippen LogP contribution in [0.1, 0.15) is 32.1 Å². The maximum absolute atomic E-state index is 2.66. The van der Waals surface area contributed by atoms with E-state index in [0.29, 0.717) is 0 Å². The Kier molecular flexibility index (Phi) is 0.727. The summed E-state index contributed by atoms with van der Waals surface area (Å²) in [6.07, 6.45) is 7.85. The van der Waals surface area contributed by atoms with E-state index in [1.165, 1.54) is 5.92 Å². The molecular weight excluding hydrogens is 223 g/mol. The molecule has 0 spiro atoms. The molecule has 0 radical (unpaired) electrons. The van der Waals surface area contributed by atoms with Crippen LogP contribution in [-0.2, 0) is 0 Å². The number of hydrogen-bond donors (Lipinski definition) is 0. The molecule has 4 aliphatic carbocycles. The fourth-order valence-electron chi connectivity index (χ4n) is 2.87. The first-order chi connectivity index (χ1) is 4.23. The van der Waals surface area contributed by atoms with Crippen molar-refractivity contribution < 1.29 is 0 Å². The van der Waals surface area contributed by atoms with Crippen molar-refractivity contribution in [2.24, 2.45) is 11.3 Å². The summed E-state index contributed by atoms with van der Waals surface area (Å²) in [7, 11) is 0. The number of alkyl halides is 1. The van der Waals surface area contributed by atoms with Crippen molar-refractivity contribution in [1.82, 2.24) is 0 Å². The van der Waals surface area contributed by atoms with Gasteiger partial charge in [0.2, 0.25) is 0 Å². The van der Waals surface area contributed by atoms with Gasteiger partial charge in [0.1, 0.15) is 0 Å². The van der Waals surface area contributed by atoms with Gasteiger partial charge in [-0.05, 0) is 43.4 Å². The Morgan fingerprint density at radius 1 is 1.11 bits per heavy atom. The summed E-state index contributed by atoms with van der Waals surface area (Å²) in [5, 5.41) is 0. The highest BCUT2D eigenvalue weighted by molar-refractivity contribution is 14.1. The Hall–Kier alpha value is 0.730. The maximum atomic E-state index is 2.66. The Balaban J connectivity index is 1.82. The zero-order valence-electron chi connectivity index (χ0n) is 5.49. The summed E-state index contributed by atoms with van der Waals surface area (Å²) >= 11 is 2.66. The Bertz CT molecular complexity index is 150. The molecule has 0 amide bonds. The van der Waals surface area contributed by atoms with Crippen LogP contribution in [0.5, 0.6) is 0 Å². The van der Waals surface area contributed by atoms with Crippen molar-refractivity contribution in [2.45, 2.75) is 35.5 Å². The van der Waals surface area contributed by atoms with Gasteiger partial charge in [0.15, 0.2) is 0 Å². The minimum Gasteiger partial charge on any atom is -0.0788 e. The quantitative estimate of drug-likeness (QED) is 0.483. The zero-order valence-corrected chi connectivity index (χ0v) is 7.65. The third-order valence-electron chi connectivity index (χ3n) is 3.45. The van der Waals surface area contributed by atoms with E-state index in [-0.39, 0.29) is 0 Å². The second-order valence-electron chi connectivity index (χ2n) is 4.32. The molecule has 0 aliphatic heterocycles. The van der Waals surface area contributed by atoms with Gasteiger partial charge in [0, 0.05) is 3.42 Å². The Morgan fingerprint density at radius 3 is 2.00 bits per heavy atom. The normalized spacial score (nSPS) is 62.3. The maximum Gasteiger partial charge on any atom is 0.0238 e. The van der Waals surface area contributed by atoms with Gasteiger partial charge in [0.05, 0.1) is 0 Å². The second kappa shape index (κ2) is 1.21. The molecule has 9 heavy (non-hydrogen) atoms. The third-order valence-corrected chi connectivity index (χ3v) is 4.59. The lowest BCUT2D eigenvalue weighted by Crippen LogP contribution is -2.64. The highest BCUT2D eigenvalue weighted by atomic mass is 127. The molecule has 4 aliphatic rings. The van der Waals surface area contributed by atoms with Gasteiger partial charge in [-0.2, -0.15) is 0 Å². The topological polar surface area (TPSA) is 0 Å². The molecule has 1 heteroatoms. The fraction of sp³-hybridized carbons (Fsp3) is 1.00. The van der Waals surface area contributed by atoms with Gasteiger partial charge in [-0.25, -0.2) is 0 Å². The molecule has 0 aromatic rings. The number of rotatable bonds is 1. The van der Waals surface area contributed by atoms with E-state index < -0.39 is 0 Å². The van der Waals surface area contributed by atoms with Crippen molar-refractivity contribution in [3.63, 3.8) is 0 Å². The second-order valence-corrected chi connectivity index (χ2v) is 6.61. The van der Waals surface area contributed by atoms with Gasteiger partial charge >= 0.3 is 0 Å². The van der Waals surface area contributed by atoms with E-state index in [2.05, 4.69) is 22.6 Å². The average molecular weight is 234 g/mol. The van der Waals surface area contributed by atoms with Crippen LogP contribution in [0.4, 0.5) is 0 Å². The van der Waals surface area contributed by atoms with Crippen molar-refractivity contribution in [3.8, 4) is 0 Å². The first-order valence-corrected chi connectivity index (χ1v) is 4.99. The van der Waals surface area contributed by atoms with Gasteiger partial charge in [-0.3, -0.25) is 0 Å². The van der Waals surface area contributed by atoms with E-state index >= 15 is 0 Å². The lowest BCUT2D eigenvalue weighted by atomic mass is 9.42. The Morgan fingerprint density at radius 2 is 1.67 bits per heavy atom. The van der Waals surface area contributed by atoms with Gasteiger partial charge in [-0.1, -0.05) is 22.6 Å². The monoisotopic (exact) mass is 234 g/mol. The predicted octanol–water partition coefficient (Wildman–Crippen LogP) is 2.75. The molecule has 0 aromatic heterocycles. The molecule has 4 fully saturated rings. The van der Waals surface area contributed by atoms with Crippen molar-refractivity contribution in [1.29, 1.82) is 0 Å². The molecule has 4 rings (SSSR count).